The first-order valence-corrected chi connectivity index (χ1v) is 6.46. The topological polar surface area (TPSA) is 47.0 Å². The number of rotatable bonds is 5. The Morgan fingerprint density at radius 3 is 2.94 bits per heavy atom. The van der Waals surface area contributed by atoms with E-state index in [-0.39, 0.29) is 0 Å². The third-order valence-corrected chi connectivity index (χ3v) is 3.48. The maximum absolute atomic E-state index is 5.08. The molecule has 4 heteroatoms. The summed E-state index contributed by atoms with van der Waals surface area (Å²) >= 11 is 0. The lowest BCUT2D eigenvalue weighted by atomic mass is 10.1. The van der Waals surface area contributed by atoms with Gasteiger partial charge in [-0.2, -0.15) is 0 Å². The molecule has 1 fully saturated rings. The van der Waals surface area contributed by atoms with E-state index in [1.165, 1.54) is 29.8 Å². The molecule has 1 aromatic heterocycles. The number of hydrogen-bond acceptors (Lipinski definition) is 4. The van der Waals surface area contributed by atoms with Crippen LogP contribution in [0.15, 0.2) is 0 Å². The minimum absolute atomic E-state index is 0.716. The molecular formula is C13H19N3O. The maximum Gasteiger partial charge on any atom is 0.129 e. The van der Waals surface area contributed by atoms with Gasteiger partial charge in [0.25, 0.3) is 0 Å². The van der Waals surface area contributed by atoms with Gasteiger partial charge in [0, 0.05) is 44.7 Å². The summed E-state index contributed by atoms with van der Waals surface area (Å²) in [6.07, 6.45) is 4.55. The highest BCUT2D eigenvalue weighted by molar-refractivity contribution is 5.33. The second kappa shape index (κ2) is 4.70. The van der Waals surface area contributed by atoms with E-state index in [2.05, 4.69) is 10.3 Å². The summed E-state index contributed by atoms with van der Waals surface area (Å²) in [4.78, 5) is 9.44. The fourth-order valence-corrected chi connectivity index (χ4v) is 2.43. The summed E-state index contributed by atoms with van der Waals surface area (Å²) in [5.74, 6) is 1.72. The Kier molecular flexibility index (Phi) is 3.07. The van der Waals surface area contributed by atoms with Crippen molar-refractivity contribution in [2.45, 2.75) is 44.7 Å². The van der Waals surface area contributed by atoms with E-state index in [9.17, 15) is 0 Å². The molecule has 2 heterocycles. The maximum atomic E-state index is 5.08. The first-order chi connectivity index (χ1) is 8.38. The van der Waals surface area contributed by atoms with Crippen molar-refractivity contribution in [3.05, 3.63) is 22.8 Å². The molecule has 0 unspecified atom stereocenters. The molecule has 1 saturated carbocycles. The highest BCUT2D eigenvalue weighted by atomic mass is 16.5. The first-order valence-electron chi connectivity index (χ1n) is 6.46. The van der Waals surface area contributed by atoms with E-state index in [0.717, 1.165) is 38.4 Å². The highest BCUT2D eigenvalue weighted by Gasteiger charge is 2.31. The zero-order valence-corrected chi connectivity index (χ0v) is 10.3. The molecule has 3 rings (SSSR count). The van der Waals surface area contributed by atoms with Gasteiger partial charge < -0.3 is 10.1 Å². The quantitative estimate of drug-likeness (QED) is 0.784. The van der Waals surface area contributed by atoms with Crippen molar-refractivity contribution < 1.29 is 4.74 Å². The van der Waals surface area contributed by atoms with Crippen molar-refractivity contribution in [3.63, 3.8) is 0 Å². The zero-order chi connectivity index (χ0) is 11.7. The van der Waals surface area contributed by atoms with Crippen LogP contribution >= 0.6 is 0 Å². The molecular weight excluding hydrogens is 214 g/mol. The number of hydrogen-bond donors (Lipinski definition) is 1. The van der Waals surface area contributed by atoms with Crippen LogP contribution in [0.4, 0.5) is 0 Å². The fourth-order valence-electron chi connectivity index (χ4n) is 2.43. The lowest BCUT2D eigenvalue weighted by Crippen LogP contribution is -2.06. The standard InChI is InChI=1S/C13H19N3O/c1-17-6-2-3-12-15-11-8-14-7-10(11)13(16-12)9-4-5-9/h9,14H,2-8H2,1H3. The monoisotopic (exact) mass is 233 g/mol. The van der Waals surface area contributed by atoms with Crippen LogP contribution in [0.2, 0.25) is 0 Å². The van der Waals surface area contributed by atoms with Gasteiger partial charge in [-0.1, -0.05) is 0 Å². The SMILES string of the molecule is COCCCc1nc2c(c(C3CC3)n1)CNC2. The molecule has 0 aromatic carbocycles. The number of methoxy groups -OCH3 is 1. The van der Waals surface area contributed by atoms with Gasteiger partial charge >= 0.3 is 0 Å². The van der Waals surface area contributed by atoms with Gasteiger partial charge in [-0.25, -0.2) is 9.97 Å². The Bertz CT molecular complexity index is 415. The number of fused-ring (bicyclic) bond motifs is 1. The van der Waals surface area contributed by atoms with Crippen molar-refractivity contribution in [1.82, 2.24) is 15.3 Å². The Hall–Kier alpha value is -1.00. The van der Waals surface area contributed by atoms with Gasteiger partial charge in [0.2, 0.25) is 0 Å². The molecule has 0 radical (unpaired) electrons. The molecule has 1 aliphatic carbocycles. The smallest absolute Gasteiger partial charge is 0.129 e. The summed E-state index contributed by atoms with van der Waals surface area (Å²) in [5, 5.41) is 3.38. The largest absolute Gasteiger partial charge is 0.385 e. The van der Waals surface area contributed by atoms with Crippen LogP contribution in [-0.2, 0) is 24.2 Å². The first kappa shape index (κ1) is 11.1. The summed E-state index contributed by atoms with van der Waals surface area (Å²) in [6, 6.07) is 0. The minimum atomic E-state index is 0.716. The van der Waals surface area contributed by atoms with E-state index in [1.54, 1.807) is 7.11 Å². The molecule has 0 atom stereocenters. The van der Waals surface area contributed by atoms with Gasteiger partial charge in [0.05, 0.1) is 11.4 Å². The number of aromatic nitrogens is 2. The molecule has 1 aliphatic heterocycles. The summed E-state index contributed by atoms with van der Waals surface area (Å²) in [7, 11) is 1.74. The third kappa shape index (κ3) is 2.33. The lowest BCUT2D eigenvalue weighted by molar-refractivity contribution is 0.194. The molecule has 2 aliphatic rings. The number of nitrogens with zero attached hydrogens (tertiary/aromatic N) is 2. The molecule has 1 aromatic rings. The van der Waals surface area contributed by atoms with Crippen LogP contribution < -0.4 is 5.32 Å². The van der Waals surface area contributed by atoms with E-state index >= 15 is 0 Å². The van der Waals surface area contributed by atoms with Crippen LogP contribution in [0.5, 0.6) is 0 Å². The van der Waals surface area contributed by atoms with Crippen LogP contribution in [0, 0.1) is 0 Å². The normalized spacial score (nSPS) is 18.4. The number of aryl methyl sites for hydroxylation is 1. The third-order valence-electron chi connectivity index (χ3n) is 3.48. The Morgan fingerprint density at radius 1 is 1.29 bits per heavy atom. The Labute approximate surface area is 102 Å². The molecule has 4 nitrogen and oxygen atoms in total. The van der Waals surface area contributed by atoms with Gasteiger partial charge in [0.15, 0.2) is 0 Å². The number of ether oxygens (including phenoxy) is 1. The Morgan fingerprint density at radius 2 is 2.18 bits per heavy atom. The molecule has 0 spiro atoms. The molecule has 1 N–H and O–H groups in total. The fraction of sp³-hybridized carbons (Fsp3) is 0.692. The minimum Gasteiger partial charge on any atom is -0.385 e. The summed E-state index contributed by atoms with van der Waals surface area (Å²) < 4.78 is 5.08. The van der Waals surface area contributed by atoms with Crippen LogP contribution in [0.1, 0.15) is 48.0 Å². The van der Waals surface area contributed by atoms with E-state index < -0.39 is 0 Å². The van der Waals surface area contributed by atoms with Crippen molar-refractivity contribution in [2.75, 3.05) is 13.7 Å². The average molecular weight is 233 g/mol. The summed E-state index contributed by atoms with van der Waals surface area (Å²) in [5.41, 5.74) is 3.93. The Balaban J connectivity index is 1.82. The molecule has 0 amide bonds. The van der Waals surface area contributed by atoms with Gasteiger partial charge in [-0.15, -0.1) is 0 Å². The molecule has 0 saturated heterocycles. The van der Waals surface area contributed by atoms with Crippen molar-refractivity contribution in [3.8, 4) is 0 Å². The van der Waals surface area contributed by atoms with E-state index in [4.69, 9.17) is 9.72 Å². The van der Waals surface area contributed by atoms with Crippen LogP contribution in [-0.4, -0.2) is 23.7 Å². The molecule has 92 valence electrons. The van der Waals surface area contributed by atoms with Crippen LogP contribution in [0.3, 0.4) is 0 Å². The van der Waals surface area contributed by atoms with Crippen molar-refractivity contribution in [1.29, 1.82) is 0 Å². The lowest BCUT2D eigenvalue weighted by Gasteiger charge is -2.08. The van der Waals surface area contributed by atoms with Gasteiger partial charge in [0.1, 0.15) is 5.82 Å². The predicted octanol–water partition coefficient (Wildman–Crippen LogP) is 1.54. The second-order valence-corrected chi connectivity index (χ2v) is 4.92. The van der Waals surface area contributed by atoms with Crippen molar-refractivity contribution >= 4 is 0 Å². The molecule has 0 bridgehead atoms. The molecule has 17 heavy (non-hydrogen) atoms. The highest BCUT2D eigenvalue weighted by Crippen LogP contribution is 2.41. The van der Waals surface area contributed by atoms with Crippen LogP contribution in [0.25, 0.3) is 0 Å². The van der Waals surface area contributed by atoms with Crippen molar-refractivity contribution in [2.24, 2.45) is 0 Å². The average Bonchev–Trinajstić information content (AvgIpc) is 3.07. The van der Waals surface area contributed by atoms with E-state index in [0.29, 0.717) is 5.92 Å². The van der Waals surface area contributed by atoms with Gasteiger partial charge in [-0.05, 0) is 19.3 Å². The van der Waals surface area contributed by atoms with Gasteiger partial charge in [-0.3, -0.25) is 0 Å². The zero-order valence-electron chi connectivity index (χ0n) is 10.3. The summed E-state index contributed by atoms with van der Waals surface area (Å²) in [6.45, 7) is 2.66. The van der Waals surface area contributed by atoms with E-state index in [1.807, 2.05) is 0 Å². The second-order valence-electron chi connectivity index (χ2n) is 4.92. The predicted molar refractivity (Wildman–Crippen MR) is 64.7 cm³/mol. The number of nitrogens with one attached hydrogen (secondary N) is 1.